The molecule has 0 saturated carbocycles. The SMILES string of the molecule is CCC(=O)N(Cc1ccc(F)cc1)c1ccc(CC(=O)NCCc2ccccn2)cc1. The van der Waals surface area contributed by atoms with E-state index in [0.29, 0.717) is 25.9 Å². The average Bonchev–Trinajstić information content (AvgIpc) is 2.79. The van der Waals surface area contributed by atoms with E-state index in [0.717, 1.165) is 22.5 Å². The summed E-state index contributed by atoms with van der Waals surface area (Å²) in [7, 11) is 0. The molecule has 0 aliphatic heterocycles. The molecule has 5 nitrogen and oxygen atoms in total. The van der Waals surface area contributed by atoms with Gasteiger partial charge in [-0.05, 0) is 47.5 Å². The van der Waals surface area contributed by atoms with Crippen LogP contribution in [0.25, 0.3) is 0 Å². The van der Waals surface area contributed by atoms with Crippen LogP contribution < -0.4 is 10.2 Å². The lowest BCUT2D eigenvalue weighted by atomic mass is 10.1. The Morgan fingerprint density at radius 3 is 2.32 bits per heavy atom. The first kappa shape index (κ1) is 22.2. The van der Waals surface area contributed by atoms with Crippen LogP contribution in [0.2, 0.25) is 0 Å². The molecule has 0 aliphatic rings. The summed E-state index contributed by atoms with van der Waals surface area (Å²) in [5, 5.41) is 2.91. The molecule has 0 aliphatic carbocycles. The highest BCUT2D eigenvalue weighted by atomic mass is 19.1. The lowest BCUT2D eigenvalue weighted by Gasteiger charge is -2.23. The lowest BCUT2D eigenvalue weighted by Crippen LogP contribution is -2.29. The molecule has 2 amide bonds. The summed E-state index contributed by atoms with van der Waals surface area (Å²) < 4.78 is 13.2. The van der Waals surface area contributed by atoms with Crippen LogP contribution in [0.1, 0.15) is 30.2 Å². The topological polar surface area (TPSA) is 62.3 Å². The van der Waals surface area contributed by atoms with Crippen molar-refractivity contribution in [3.05, 3.63) is 95.6 Å². The number of carbonyl (C=O) groups excluding carboxylic acids is 2. The van der Waals surface area contributed by atoms with Gasteiger partial charge in [0.25, 0.3) is 0 Å². The molecule has 6 heteroatoms. The fourth-order valence-electron chi connectivity index (χ4n) is 3.20. The number of anilines is 1. The molecule has 0 saturated heterocycles. The van der Waals surface area contributed by atoms with Crippen molar-refractivity contribution in [3.8, 4) is 0 Å². The second-order valence-corrected chi connectivity index (χ2v) is 7.22. The van der Waals surface area contributed by atoms with Crippen molar-refractivity contribution in [3.63, 3.8) is 0 Å². The summed E-state index contributed by atoms with van der Waals surface area (Å²) in [6, 6.07) is 19.2. The minimum absolute atomic E-state index is 0.0238. The minimum Gasteiger partial charge on any atom is -0.355 e. The fourth-order valence-corrected chi connectivity index (χ4v) is 3.20. The molecule has 3 rings (SSSR count). The maximum absolute atomic E-state index is 13.2. The maximum atomic E-state index is 13.2. The summed E-state index contributed by atoms with van der Waals surface area (Å²) in [4.78, 5) is 30.6. The molecule has 1 N–H and O–H groups in total. The van der Waals surface area contributed by atoms with E-state index in [4.69, 9.17) is 0 Å². The number of amides is 2. The lowest BCUT2D eigenvalue weighted by molar-refractivity contribution is -0.120. The standard InChI is InChI=1S/C25H26FN3O2/c1-2-25(31)29(18-20-6-10-21(26)11-7-20)23-12-8-19(9-13-23)17-24(30)28-16-14-22-5-3-4-15-27-22/h3-13,15H,2,14,16-18H2,1H3,(H,28,30). The van der Waals surface area contributed by atoms with Crippen molar-refractivity contribution in [1.29, 1.82) is 0 Å². The molecule has 0 atom stereocenters. The molecule has 0 fully saturated rings. The number of benzene rings is 2. The second kappa shape index (κ2) is 11.0. The van der Waals surface area contributed by atoms with E-state index in [1.54, 1.807) is 23.2 Å². The summed E-state index contributed by atoms with van der Waals surface area (Å²) in [5.41, 5.74) is 3.40. The molecule has 0 bridgehead atoms. The molecular formula is C25H26FN3O2. The Labute approximate surface area is 181 Å². The van der Waals surface area contributed by atoms with Crippen molar-refractivity contribution in [1.82, 2.24) is 10.3 Å². The van der Waals surface area contributed by atoms with Gasteiger partial charge in [0.05, 0.1) is 13.0 Å². The predicted molar refractivity (Wildman–Crippen MR) is 119 cm³/mol. The van der Waals surface area contributed by atoms with Gasteiger partial charge in [0.1, 0.15) is 5.82 Å². The van der Waals surface area contributed by atoms with Gasteiger partial charge in [-0.3, -0.25) is 14.6 Å². The molecule has 1 heterocycles. The quantitative estimate of drug-likeness (QED) is 0.569. The fraction of sp³-hybridized carbons (Fsp3) is 0.240. The summed E-state index contributed by atoms with van der Waals surface area (Å²) in [5.74, 6) is -0.388. The highest BCUT2D eigenvalue weighted by molar-refractivity contribution is 5.93. The highest BCUT2D eigenvalue weighted by Gasteiger charge is 2.15. The molecule has 160 valence electrons. The number of aromatic nitrogens is 1. The predicted octanol–water partition coefficient (Wildman–Crippen LogP) is 4.07. The van der Waals surface area contributed by atoms with Crippen molar-refractivity contribution in [2.45, 2.75) is 32.7 Å². The number of hydrogen-bond acceptors (Lipinski definition) is 3. The highest BCUT2D eigenvalue weighted by Crippen LogP contribution is 2.20. The van der Waals surface area contributed by atoms with Gasteiger partial charge in [-0.1, -0.05) is 37.3 Å². The monoisotopic (exact) mass is 419 g/mol. The van der Waals surface area contributed by atoms with Gasteiger partial charge in [0, 0.05) is 37.0 Å². The number of nitrogens with one attached hydrogen (secondary N) is 1. The maximum Gasteiger partial charge on any atom is 0.227 e. The molecule has 0 spiro atoms. The third-order valence-corrected chi connectivity index (χ3v) is 4.90. The van der Waals surface area contributed by atoms with Crippen molar-refractivity contribution in [2.24, 2.45) is 0 Å². The van der Waals surface area contributed by atoms with E-state index in [2.05, 4.69) is 10.3 Å². The van der Waals surface area contributed by atoms with Gasteiger partial charge in [-0.15, -0.1) is 0 Å². The first-order chi connectivity index (χ1) is 15.0. The zero-order valence-corrected chi connectivity index (χ0v) is 17.6. The van der Waals surface area contributed by atoms with E-state index < -0.39 is 0 Å². The minimum atomic E-state index is -0.306. The van der Waals surface area contributed by atoms with E-state index in [1.807, 2.05) is 49.4 Å². The Balaban J connectivity index is 1.57. The molecule has 31 heavy (non-hydrogen) atoms. The third-order valence-electron chi connectivity index (χ3n) is 4.90. The Morgan fingerprint density at radius 2 is 1.68 bits per heavy atom. The summed E-state index contributed by atoms with van der Waals surface area (Å²) in [6.07, 6.45) is 3.05. The van der Waals surface area contributed by atoms with Crippen LogP contribution in [0.15, 0.2) is 72.9 Å². The Kier molecular flexibility index (Phi) is 7.87. The zero-order valence-electron chi connectivity index (χ0n) is 17.6. The van der Waals surface area contributed by atoms with Gasteiger partial charge in [-0.2, -0.15) is 0 Å². The molecule has 0 radical (unpaired) electrons. The number of nitrogens with zero attached hydrogens (tertiary/aromatic N) is 2. The second-order valence-electron chi connectivity index (χ2n) is 7.22. The summed E-state index contributed by atoms with van der Waals surface area (Å²) >= 11 is 0. The van der Waals surface area contributed by atoms with E-state index in [-0.39, 0.29) is 24.1 Å². The van der Waals surface area contributed by atoms with E-state index in [1.165, 1.54) is 12.1 Å². The Bertz CT molecular complexity index is 990. The van der Waals surface area contributed by atoms with Gasteiger partial charge in [0.15, 0.2) is 0 Å². The molecule has 0 unspecified atom stereocenters. The molecule has 2 aromatic carbocycles. The summed E-state index contributed by atoms with van der Waals surface area (Å²) in [6.45, 7) is 2.70. The normalized spacial score (nSPS) is 10.5. The molecule has 3 aromatic rings. The number of halogens is 1. The average molecular weight is 420 g/mol. The van der Waals surface area contributed by atoms with Crippen LogP contribution in [0, 0.1) is 5.82 Å². The van der Waals surface area contributed by atoms with Crippen LogP contribution in [0.3, 0.4) is 0 Å². The number of pyridine rings is 1. The first-order valence-corrected chi connectivity index (χ1v) is 10.4. The largest absolute Gasteiger partial charge is 0.355 e. The van der Waals surface area contributed by atoms with Crippen LogP contribution in [0.5, 0.6) is 0 Å². The van der Waals surface area contributed by atoms with Crippen molar-refractivity contribution < 1.29 is 14.0 Å². The zero-order chi connectivity index (χ0) is 22.1. The van der Waals surface area contributed by atoms with Gasteiger partial charge in [0.2, 0.25) is 11.8 Å². The van der Waals surface area contributed by atoms with Gasteiger partial charge >= 0.3 is 0 Å². The molecular weight excluding hydrogens is 393 g/mol. The molecule has 1 aromatic heterocycles. The third kappa shape index (κ3) is 6.74. The number of hydrogen-bond donors (Lipinski definition) is 1. The van der Waals surface area contributed by atoms with Gasteiger partial charge < -0.3 is 10.2 Å². The smallest absolute Gasteiger partial charge is 0.227 e. The number of carbonyl (C=O) groups is 2. The van der Waals surface area contributed by atoms with Crippen LogP contribution >= 0.6 is 0 Å². The van der Waals surface area contributed by atoms with Crippen LogP contribution in [-0.2, 0) is 29.0 Å². The van der Waals surface area contributed by atoms with E-state index >= 15 is 0 Å². The van der Waals surface area contributed by atoms with E-state index in [9.17, 15) is 14.0 Å². The Morgan fingerprint density at radius 1 is 0.968 bits per heavy atom. The van der Waals surface area contributed by atoms with Crippen LogP contribution in [0.4, 0.5) is 10.1 Å². The van der Waals surface area contributed by atoms with Crippen molar-refractivity contribution in [2.75, 3.05) is 11.4 Å². The number of rotatable bonds is 9. The van der Waals surface area contributed by atoms with Gasteiger partial charge in [-0.25, -0.2) is 4.39 Å². The van der Waals surface area contributed by atoms with Crippen molar-refractivity contribution >= 4 is 17.5 Å². The Hall–Kier alpha value is -3.54. The first-order valence-electron chi connectivity index (χ1n) is 10.4. The van der Waals surface area contributed by atoms with Crippen LogP contribution in [-0.4, -0.2) is 23.3 Å².